The van der Waals surface area contributed by atoms with Crippen LogP contribution in [0.2, 0.25) is 0 Å². The van der Waals surface area contributed by atoms with Crippen molar-refractivity contribution >= 4 is 18.0 Å². The SMILES string of the molecule is O=C(NCC(C(=O)NC1(C(=O)O)CCN(Cc2ccccc2)C1)C1CCC1)OCC1c2ccccc2-c2ccccc21. The summed E-state index contributed by atoms with van der Waals surface area (Å²) < 4.78 is 5.68. The predicted molar refractivity (Wildman–Crippen MR) is 159 cm³/mol. The topological polar surface area (TPSA) is 108 Å². The first-order valence-electron chi connectivity index (χ1n) is 14.8. The zero-order valence-electron chi connectivity index (χ0n) is 23.6. The number of nitrogens with zero attached hydrogens (tertiary/aromatic N) is 1. The molecule has 0 aromatic heterocycles. The second-order valence-electron chi connectivity index (χ2n) is 11.8. The molecule has 0 radical (unpaired) electrons. The molecular weight excluding hydrogens is 530 g/mol. The maximum atomic E-state index is 13.6. The number of rotatable bonds is 10. The Balaban J connectivity index is 1.07. The highest BCUT2D eigenvalue weighted by molar-refractivity contribution is 5.89. The van der Waals surface area contributed by atoms with Gasteiger partial charge in [0.15, 0.2) is 5.54 Å². The summed E-state index contributed by atoms with van der Waals surface area (Å²) in [5.41, 5.74) is 4.34. The zero-order valence-corrected chi connectivity index (χ0v) is 23.6. The molecule has 3 aromatic carbocycles. The minimum absolute atomic E-state index is 0.0505. The first-order chi connectivity index (χ1) is 20.4. The van der Waals surface area contributed by atoms with Crippen LogP contribution in [0.1, 0.15) is 48.3 Å². The number of amides is 2. The Morgan fingerprint density at radius 3 is 2.19 bits per heavy atom. The number of hydrogen-bond donors (Lipinski definition) is 3. The quantitative estimate of drug-likeness (QED) is 0.325. The zero-order chi connectivity index (χ0) is 29.1. The second kappa shape index (κ2) is 12.0. The minimum atomic E-state index is -1.35. The van der Waals surface area contributed by atoms with Crippen molar-refractivity contribution < 1.29 is 24.2 Å². The van der Waals surface area contributed by atoms with Gasteiger partial charge in [0.05, 0.1) is 5.92 Å². The highest BCUT2D eigenvalue weighted by Crippen LogP contribution is 2.44. The lowest BCUT2D eigenvalue weighted by atomic mass is 9.75. The number of carboxylic acid groups (broad SMARTS) is 1. The molecule has 1 aliphatic heterocycles. The first-order valence-corrected chi connectivity index (χ1v) is 14.8. The summed E-state index contributed by atoms with van der Waals surface area (Å²) >= 11 is 0. The van der Waals surface area contributed by atoms with Crippen molar-refractivity contribution in [3.05, 3.63) is 95.6 Å². The lowest BCUT2D eigenvalue weighted by Gasteiger charge is -2.35. The summed E-state index contributed by atoms with van der Waals surface area (Å²) in [6.45, 7) is 1.74. The molecule has 2 aliphatic carbocycles. The van der Waals surface area contributed by atoms with Gasteiger partial charge in [0.2, 0.25) is 5.91 Å². The summed E-state index contributed by atoms with van der Waals surface area (Å²) in [6.07, 6.45) is 2.54. The summed E-state index contributed by atoms with van der Waals surface area (Å²) in [7, 11) is 0. The average Bonchev–Trinajstić information content (AvgIpc) is 3.53. The molecule has 2 amide bonds. The van der Waals surface area contributed by atoms with Gasteiger partial charge in [-0.25, -0.2) is 9.59 Å². The number of aliphatic carboxylic acids is 1. The van der Waals surface area contributed by atoms with Crippen molar-refractivity contribution in [2.75, 3.05) is 26.2 Å². The van der Waals surface area contributed by atoms with Crippen molar-refractivity contribution in [1.82, 2.24) is 15.5 Å². The lowest BCUT2D eigenvalue weighted by molar-refractivity contribution is -0.148. The molecule has 3 aromatic rings. The Morgan fingerprint density at radius 1 is 0.929 bits per heavy atom. The van der Waals surface area contributed by atoms with E-state index in [9.17, 15) is 19.5 Å². The number of benzene rings is 3. The molecule has 8 heteroatoms. The van der Waals surface area contributed by atoms with Crippen LogP contribution in [0.3, 0.4) is 0 Å². The summed E-state index contributed by atoms with van der Waals surface area (Å²) in [5.74, 6) is -1.80. The Kier molecular flexibility index (Phi) is 7.98. The third-order valence-corrected chi connectivity index (χ3v) is 9.23. The van der Waals surface area contributed by atoms with Gasteiger partial charge in [-0.15, -0.1) is 0 Å². The molecule has 2 atom stereocenters. The number of carbonyl (C=O) groups is 3. The molecule has 1 saturated heterocycles. The summed E-state index contributed by atoms with van der Waals surface area (Å²) in [4.78, 5) is 40.9. The van der Waals surface area contributed by atoms with E-state index in [-0.39, 0.29) is 37.4 Å². The standard InChI is InChI=1S/C34H37N3O5/c38-31(36-34(32(39)40)17-18-37(22-34)20-23-9-2-1-3-10-23)29(24-11-8-12-24)19-35-33(41)42-21-30-27-15-6-4-13-25(27)26-14-5-7-16-28(26)30/h1-7,9-10,13-16,24,29-30H,8,11-12,17-22H2,(H,35,41)(H,36,38)(H,39,40). The third kappa shape index (κ3) is 5.63. The van der Waals surface area contributed by atoms with Crippen LogP contribution < -0.4 is 10.6 Å². The van der Waals surface area contributed by atoms with Crippen molar-refractivity contribution in [3.63, 3.8) is 0 Å². The summed E-state index contributed by atoms with van der Waals surface area (Å²) in [5, 5.41) is 15.9. The van der Waals surface area contributed by atoms with E-state index < -0.39 is 23.5 Å². The number of fused-ring (bicyclic) bond motifs is 3. The highest BCUT2D eigenvalue weighted by atomic mass is 16.5. The van der Waals surface area contributed by atoms with E-state index in [1.54, 1.807) is 0 Å². The average molecular weight is 568 g/mol. The Hall–Kier alpha value is -4.17. The van der Waals surface area contributed by atoms with E-state index in [0.717, 1.165) is 47.1 Å². The van der Waals surface area contributed by atoms with E-state index in [1.807, 2.05) is 54.6 Å². The van der Waals surface area contributed by atoms with Gasteiger partial charge in [-0.1, -0.05) is 85.3 Å². The van der Waals surface area contributed by atoms with Gasteiger partial charge in [-0.05, 0) is 53.0 Å². The molecule has 2 fully saturated rings. The van der Waals surface area contributed by atoms with E-state index >= 15 is 0 Å². The lowest BCUT2D eigenvalue weighted by Crippen LogP contribution is -2.59. The molecular formula is C34H37N3O5. The molecule has 2 unspecified atom stereocenters. The van der Waals surface area contributed by atoms with Crippen LogP contribution in [0, 0.1) is 11.8 Å². The molecule has 6 rings (SSSR count). The Bertz CT molecular complexity index is 1410. The van der Waals surface area contributed by atoms with Crippen LogP contribution in [0.15, 0.2) is 78.9 Å². The van der Waals surface area contributed by atoms with Crippen molar-refractivity contribution in [2.45, 2.75) is 43.7 Å². The van der Waals surface area contributed by atoms with E-state index in [2.05, 4.69) is 39.8 Å². The van der Waals surface area contributed by atoms with Gasteiger partial charge in [0, 0.05) is 32.1 Å². The first kappa shape index (κ1) is 28.0. The summed E-state index contributed by atoms with van der Waals surface area (Å²) in [6, 6.07) is 26.2. The van der Waals surface area contributed by atoms with Crippen molar-refractivity contribution in [3.8, 4) is 11.1 Å². The van der Waals surface area contributed by atoms with E-state index in [0.29, 0.717) is 19.5 Å². The smallest absolute Gasteiger partial charge is 0.407 e. The molecule has 1 saturated carbocycles. The van der Waals surface area contributed by atoms with Gasteiger partial charge < -0.3 is 20.5 Å². The maximum absolute atomic E-state index is 13.6. The van der Waals surface area contributed by atoms with Gasteiger partial charge in [0.25, 0.3) is 0 Å². The van der Waals surface area contributed by atoms with Crippen LogP contribution in [0.25, 0.3) is 11.1 Å². The van der Waals surface area contributed by atoms with Crippen molar-refractivity contribution in [1.29, 1.82) is 0 Å². The van der Waals surface area contributed by atoms with Gasteiger partial charge in [0.1, 0.15) is 6.61 Å². The molecule has 0 bridgehead atoms. The molecule has 42 heavy (non-hydrogen) atoms. The van der Waals surface area contributed by atoms with Crippen molar-refractivity contribution in [2.24, 2.45) is 11.8 Å². The molecule has 8 nitrogen and oxygen atoms in total. The van der Waals surface area contributed by atoms with Crippen LogP contribution in [0.4, 0.5) is 4.79 Å². The maximum Gasteiger partial charge on any atom is 0.407 e. The Morgan fingerprint density at radius 2 is 1.57 bits per heavy atom. The number of alkyl carbamates (subject to hydrolysis) is 1. The third-order valence-electron chi connectivity index (χ3n) is 9.23. The molecule has 3 N–H and O–H groups in total. The molecule has 218 valence electrons. The van der Waals surface area contributed by atoms with Gasteiger partial charge >= 0.3 is 12.1 Å². The van der Waals surface area contributed by atoms with Gasteiger partial charge in [-0.3, -0.25) is 9.69 Å². The second-order valence-corrected chi connectivity index (χ2v) is 11.8. The Labute approximate surface area is 246 Å². The fourth-order valence-corrected chi connectivity index (χ4v) is 6.68. The van der Waals surface area contributed by atoms with E-state index in [1.165, 1.54) is 0 Å². The van der Waals surface area contributed by atoms with Gasteiger partial charge in [-0.2, -0.15) is 0 Å². The number of carboxylic acids is 1. The van der Waals surface area contributed by atoms with E-state index in [4.69, 9.17) is 4.74 Å². The van der Waals surface area contributed by atoms with Crippen LogP contribution in [-0.4, -0.2) is 59.8 Å². The minimum Gasteiger partial charge on any atom is -0.479 e. The largest absolute Gasteiger partial charge is 0.479 e. The van der Waals surface area contributed by atoms with Crippen LogP contribution >= 0.6 is 0 Å². The normalized spacial score (nSPS) is 20.7. The number of carbonyl (C=O) groups excluding carboxylic acids is 2. The van der Waals surface area contributed by atoms with Crippen LogP contribution in [-0.2, 0) is 20.9 Å². The monoisotopic (exact) mass is 567 g/mol. The molecule has 3 aliphatic rings. The fraction of sp³-hybridized carbons (Fsp3) is 0.382. The number of nitrogens with one attached hydrogen (secondary N) is 2. The number of likely N-dealkylation sites (tertiary alicyclic amines) is 1. The number of hydrogen-bond acceptors (Lipinski definition) is 5. The number of ether oxygens (including phenoxy) is 1. The fourth-order valence-electron chi connectivity index (χ4n) is 6.68. The molecule has 0 spiro atoms. The highest BCUT2D eigenvalue weighted by Gasteiger charge is 2.48. The van der Waals surface area contributed by atoms with Crippen LogP contribution in [0.5, 0.6) is 0 Å². The molecule has 1 heterocycles. The predicted octanol–water partition coefficient (Wildman–Crippen LogP) is 4.79.